The van der Waals surface area contributed by atoms with Crippen LogP contribution >= 0.6 is 27.5 Å². The first-order valence-corrected chi connectivity index (χ1v) is 7.51. The molecule has 106 valence electrons. The van der Waals surface area contributed by atoms with Crippen LogP contribution in [0.15, 0.2) is 40.9 Å². The third-order valence-corrected chi connectivity index (χ3v) is 4.59. The summed E-state index contributed by atoms with van der Waals surface area (Å²) in [6.45, 7) is 2.07. The predicted octanol–water partition coefficient (Wildman–Crippen LogP) is 4.73. The lowest BCUT2D eigenvalue weighted by Crippen LogP contribution is -2.19. The van der Waals surface area contributed by atoms with E-state index in [1.54, 1.807) is 7.11 Å². The van der Waals surface area contributed by atoms with E-state index in [0.29, 0.717) is 0 Å². The van der Waals surface area contributed by atoms with Crippen LogP contribution in [0.5, 0.6) is 5.75 Å². The number of nitrogens with one attached hydrogen (secondary N) is 1. The average Bonchev–Trinajstić information content (AvgIpc) is 2.44. The first kappa shape index (κ1) is 15.4. The Balaban J connectivity index is 2.58. The fourth-order valence-corrected chi connectivity index (χ4v) is 2.92. The number of rotatable bonds is 4. The topological polar surface area (TPSA) is 21.3 Å². The van der Waals surface area contributed by atoms with E-state index in [9.17, 15) is 0 Å². The maximum absolute atomic E-state index is 6.42. The quantitative estimate of drug-likeness (QED) is 0.857. The summed E-state index contributed by atoms with van der Waals surface area (Å²) >= 11 is 9.90. The highest BCUT2D eigenvalue weighted by atomic mass is 79.9. The molecule has 2 aromatic rings. The fourth-order valence-electron chi connectivity index (χ4n) is 2.30. The minimum absolute atomic E-state index is 0.0187. The molecule has 2 rings (SSSR count). The van der Waals surface area contributed by atoms with Gasteiger partial charge in [-0.1, -0.05) is 41.4 Å². The Morgan fingerprint density at radius 2 is 1.95 bits per heavy atom. The largest absolute Gasteiger partial charge is 0.496 e. The van der Waals surface area contributed by atoms with Gasteiger partial charge in [0.15, 0.2) is 0 Å². The van der Waals surface area contributed by atoms with Crippen LogP contribution in [0.25, 0.3) is 0 Å². The average molecular weight is 355 g/mol. The van der Waals surface area contributed by atoms with Crippen molar-refractivity contribution in [3.8, 4) is 5.75 Å². The van der Waals surface area contributed by atoms with Crippen LogP contribution in [0.2, 0.25) is 5.02 Å². The number of ether oxygens (including phenoxy) is 1. The molecule has 1 N–H and O–H groups in total. The molecule has 1 unspecified atom stereocenters. The van der Waals surface area contributed by atoms with Crippen LogP contribution in [0.3, 0.4) is 0 Å². The number of benzene rings is 2. The van der Waals surface area contributed by atoms with Gasteiger partial charge in [0.05, 0.1) is 18.2 Å². The molecule has 0 radical (unpaired) electrons. The van der Waals surface area contributed by atoms with Crippen molar-refractivity contribution in [1.82, 2.24) is 5.32 Å². The van der Waals surface area contributed by atoms with Crippen LogP contribution in [0, 0.1) is 6.92 Å². The van der Waals surface area contributed by atoms with Crippen molar-refractivity contribution < 1.29 is 4.74 Å². The molecule has 2 nitrogen and oxygen atoms in total. The molecule has 0 aliphatic heterocycles. The van der Waals surface area contributed by atoms with Gasteiger partial charge in [-0.05, 0) is 47.6 Å². The SMILES string of the molecule is CNC(c1cc(C)ccc1OC)c1cccc(Br)c1Cl. The van der Waals surface area contributed by atoms with Gasteiger partial charge in [0.2, 0.25) is 0 Å². The summed E-state index contributed by atoms with van der Waals surface area (Å²) in [5, 5.41) is 4.04. The Hall–Kier alpha value is -1.03. The zero-order valence-electron chi connectivity index (χ0n) is 11.7. The third kappa shape index (κ3) is 3.00. The van der Waals surface area contributed by atoms with E-state index in [2.05, 4.69) is 34.2 Å². The molecule has 0 aromatic heterocycles. The van der Waals surface area contributed by atoms with Gasteiger partial charge in [0, 0.05) is 10.0 Å². The monoisotopic (exact) mass is 353 g/mol. The molecule has 0 saturated carbocycles. The lowest BCUT2D eigenvalue weighted by molar-refractivity contribution is 0.405. The number of hydrogen-bond donors (Lipinski definition) is 1. The number of halogens is 2. The summed E-state index contributed by atoms with van der Waals surface area (Å²) in [5.41, 5.74) is 3.29. The van der Waals surface area contributed by atoms with Gasteiger partial charge in [-0.2, -0.15) is 0 Å². The molecule has 2 aromatic carbocycles. The van der Waals surface area contributed by atoms with Gasteiger partial charge in [0.25, 0.3) is 0 Å². The Bertz CT molecular complexity index is 615. The third-order valence-electron chi connectivity index (χ3n) is 3.28. The van der Waals surface area contributed by atoms with Crippen molar-refractivity contribution in [1.29, 1.82) is 0 Å². The van der Waals surface area contributed by atoms with Crippen LogP contribution in [0.4, 0.5) is 0 Å². The normalized spacial score (nSPS) is 12.2. The first-order valence-electron chi connectivity index (χ1n) is 6.34. The molecule has 0 aliphatic carbocycles. The minimum atomic E-state index is -0.0187. The van der Waals surface area contributed by atoms with Crippen LogP contribution in [-0.4, -0.2) is 14.2 Å². The molecule has 0 amide bonds. The van der Waals surface area contributed by atoms with Crippen LogP contribution in [0.1, 0.15) is 22.7 Å². The molecular formula is C16H17BrClNO. The highest BCUT2D eigenvalue weighted by Crippen LogP contribution is 2.36. The van der Waals surface area contributed by atoms with Crippen molar-refractivity contribution in [2.45, 2.75) is 13.0 Å². The minimum Gasteiger partial charge on any atom is -0.496 e. The lowest BCUT2D eigenvalue weighted by atomic mass is 9.96. The van der Waals surface area contributed by atoms with E-state index in [-0.39, 0.29) is 6.04 Å². The molecule has 0 bridgehead atoms. The van der Waals surface area contributed by atoms with E-state index in [0.717, 1.165) is 26.4 Å². The number of methoxy groups -OCH3 is 1. The van der Waals surface area contributed by atoms with Crippen molar-refractivity contribution in [3.05, 3.63) is 62.6 Å². The van der Waals surface area contributed by atoms with E-state index >= 15 is 0 Å². The summed E-state index contributed by atoms with van der Waals surface area (Å²) in [4.78, 5) is 0. The standard InChI is InChI=1S/C16H17BrClNO/c1-10-7-8-14(20-3)12(9-10)16(19-2)11-5-4-6-13(17)15(11)18/h4-9,16,19H,1-3H3. The molecule has 0 spiro atoms. The fraction of sp³-hybridized carbons (Fsp3) is 0.250. The van der Waals surface area contributed by atoms with Gasteiger partial charge in [-0.3, -0.25) is 0 Å². The van der Waals surface area contributed by atoms with Gasteiger partial charge in [-0.15, -0.1) is 0 Å². The van der Waals surface area contributed by atoms with Crippen molar-refractivity contribution >= 4 is 27.5 Å². The Labute approximate surface area is 133 Å². The van der Waals surface area contributed by atoms with Gasteiger partial charge >= 0.3 is 0 Å². The molecule has 0 fully saturated rings. The summed E-state index contributed by atoms with van der Waals surface area (Å²) < 4.78 is 6.37. The Morgan fingerprint density at radius 1 is 1.20 bits per heavy atom. The van der Waals surface area contributed by atoms with E-state index in [1.165, 1.54) is 5.56 Å². The second-order valence-electron chi connectivity index (χ2n) is 4.61. The molecule has 0 aliphatic rings. The van der Waals surface area contributed by atoms with Crippen LogP contribution in [-0.2, 0) is 0 Å². The molecule has 20 heavy (non-hydrogen) atoms. The Kier molecular flexibility index (Phi) is 5.08. The number of hydrogen-bond acceptors (Lipinski definition) is 2. The zero-order chi connectivity index (χ0) is 14.7. The van der Waals surface area contributed by atoms with E-state index in [4.69, 9.17) is 16.3 Å². The summed E-state index contributed by atoms with van der Waals surface area (Å²) in [6, 6.07) is 12.1. The van der Waals surface area contributed by atoms with Crippen molar-refractivity contribution in [2.75, 3.05) is 14.2 Å². The maximum atomic E-state index is 6.42. The summed E-state index contributed by atoms with van der Waals surface area (Å²) in [5.74, 6) is 0.853. The molecular weight excluding hydrogens is 338 g/mol. The van der Waals surface area contributed by atoms with Crippen molar-refractivity contribution in [3.63, 3.8) is 0 Å². The Morgan fingerprint density at radius 3 is 2.60 bits per heavy atom. The van der Waals surface area contributed by atoms with Gasteiger partial charge < -0.3 is 10.1 Å². The smallest absolute Gasteiger partial charge is 0.124 e. The summed E-state index contributed by atoms with van der Waals surface area (Å²) in [6.07, 6.45) is 0. The second-order valence-corrected chi connectivity index (χ2v) is 5.84. The lowest BCUT2D eigenvalue weighted by Gasteiger charge is -2.22. The summed E-state index contributed by atoms with van der Waals surface area (Å²) in [7, 11) is 3.60. The number of aryl methyl sites for hydroxylation is 1. The van der Waals surface area contributed by atoms with E-state index in [1.807, 2.05) is 37.4 Å². The van der Waals surface area contributed by atoms with E-state index < -0.39 is 0 Å². The predicted molar refractivity (Wildman–Crippen MR) is 87.8 cm³/mol. The van der Waals surface area contributed by atoms with Crippen LogP contribution < -0.4 is 10.1 Å². The molecule has 4 heteroatoms. The maximum Gasteiger partial charge on any atom is 0.124 e. The molecule has 0 saturated heterocycles. The van der Waals surface area contributed by atoms with Gasteiger partial charge in [-0.25, -0.2) is 0 Å². The second kappa shape index (κ2) is 6.61. The highest BCUT2D eigenvalue weighted by Gasteiger charge is 2.20. The molecule has 0 heterocycles. The molecule has 1 atom stereocenters. The zero-order valence-corrected chi connectivity index (χ0v) is 14.0. The van der Waals surface area contributed by atoms with Gasteiger partial charge in [0.1, 0.15) is 5.75 Å². The highest BCUT2D eigenvalue weighted by molar-refractivity contribution is 9.10. The van der Waals surface area contributed by atoms with Crippen molar-refractivity contribution in [2.24, 2.45) is 0 Å². The first-order chi connectivity index (χ1) is 9.58.